The number of ether oxygens (including phenoxy) is 1. The lowest BCUT2D eigenvalue weighted by Gasteiger charge is -2.26. The van der Waals surface area contributed by atoms with Gasteiger partial charge in [0.2, 0.25) is 10.0 Å². The summed E-state index contributed by atoms with van der Waals surface area (Å²) in [6, 6.07) is 5.82. The lowest BCUT2D eigenvalue weighted by Crippen LogP contribution is -2.36. The Morgan fingerprint density at radius 3 is 2.39 bits per heavy atom. The highest BCUT2D eigenvalue weighted by Crippen LogP contribution is 2.26. The largest absolute Gasteiger partial charge is 0.492 e. The average molecular weight is 408 g/mol. The van der Waals surface area contributed by atoms with Crippen molar-refractivity contribution in [2.75, 3.05) is 19.7 Å². The van der Waals surface area contributed by atoms with Gasteiger partial charge in [0, 0.05) is 25.2 Å². The van der Waals surface area contributed by atoms with Crippen LogP contribution in [-0.4, -0.2) is 47.1 Å². The van der Waals surface area contributed by atoms with Crippen LogP contribution in [0.5, 0.6) is 5.75 Å². The Bertz CT molecular complexity index is 947. The van der Waals surface area contributed by atoms with Gasteiger partial charge in [-0.3, -0.25) is 14.8 Å². The van der Waals surface area contributed by atoms with Gasteiger partial charge in [-0.05, 0) is 38.8 Å². The van der Waals surface area contributed by atoms with E-state index < -0.39 is 14.9 Å². The number of piperidine rings is 1. The molecule has 10 heteroatoms. The van der Waals surface area contributed by atoms with Crippen LogP contribution in [0.3, 0.4) is 0 Å². The van der Waals surface area contributed by atoms with Crippen LogP contribution in [0.1, 0.15) is 30.7 Å². The van der Waals surface area contributed by atoms with Crippen molar-refractivity contribution in [3.8, 4) is 5.75 Å². The number of aryl methyl sites for hydroxylation is 1. The molecule has 0 unspecified atom stereocenters. The number of nitro benzene ring substituents is 1. The molecular weight excluding hydrogens is 384 g/mol. The molecule has 2 aromatic rings. The van der Waals surface area contributed by atoms with E-state index >= 15 is 0 Å². The SMILES string of the molecule is Cc1nn(CCOc2ccc([N+](=O)[O-])cc2)c(C)c1S(=O)(=O)N1CCCCC1. The van der Waals surface area contributed by atoms with Gasteiger partial charge in [-0.25, -0.2) is 8.42 Å². The predicted octanol–water partition coefficient (Wildman–Crippen LogP) is 2.66. The molecule has 1 aliphatic rings. The average Bonchev–Trinajstić information content (AvgIpc) is 2.97. The molecule has 0 amide bonds. The third-order valence-corrected chi connectivity index (χ3v) is 7.00. The highest BCUT2D eigenvalue weighted by Gasteiger charge is 2.31. The van der Waals surface area contributed by atoms with Crippen molar-refractivity contribution >= 4 is 15.7 Å². The standard InChI is InChI=1S/C18H24N4O5S/c1-14-18(28(25,26)20-10-4-3-5-11-20)15(2)21(19-14)12-13-27-17-8-6-16(7-9-17)22(23)24/h6-9H,3-5,10-13H2,1-2H3. The fraction of sp³-hybridized carbons (Fsp3) is 0.500. The van der Waals surface area contributed by atoms with Gasteiger partial charge >= 0.3 is 0 Å². The molecule has 0 aliphatic carbocycles. The number of hydrogen-bond donors (Lipinski definition) is 0. The minimum atomic E-state index is -3.55. The first-order chi connectivity index (χ1) is 13.3. The van der Waals surface area contributed by atoms with Crippen LogP contribution in [0, 0.1) is 24.0 Å². The van der Waals surface area contributed by atoms with Crippen LogP contribution >= 0.6 is 0 Å². The van der Waals surface area contributed by atoms with Gasteiger partial charge in [-0.15, -0.1) is 0 Å². The van der Waals surface area contributed by atoms with E-state index in [-0.39, 0.29) is 17.2 Å². The Morgan fingerprint density at radius 1 is 1.14 bits per heavy atom. The number of sulfonamides is 1. The van der Waals surface area contributed by atoms with Crippen LogP contribution in [0.4, 0.5) is 5.69 Å². The summed E-state index contributed by atoms with van der Waals surface area (Å²) in [4.78, 5) is 10.5. The Hall–Kier alpha value is -2.46. The van der Waals surface area contributed by atoms with Crippen molar-refractivity contribution in [1.82, 2.24) is 14.1 Å². The Balaban J connectivity index is 1.68. The van der Waals surface area contributed by atoms with Gasteiger partial charge in [0.05, 0.1) is 22.9 Å². The zero-order valence-electron chi connectivity index (χ0n) is 16.0. The summed E-state index contributed by atoms with van der Waals surface area (Å²) in [5.41, 5.74) is 1.08. The second kappa shape index (κ2) is 8.27. The van der Waals surface area contributed by atoms with Crippen LogP contribution in [0.2, 0.25) is 0 Å². The molecule has 1 fully saturated rings. The van der Waals surface area contributed by atoms with E-state index in [2.05, 4.69) is 5.10 Å². The summed E-state index contributed by atoms with van der Waals surface area (Å²) in [5.74, 6) is 0.508. The maximum absolute atomic E-state index is 13.0. The molecule has 2 heterocycles. The van der Waals surface area contributed by atoms with E-state index in [1.54, 1.807) is 22.8 Å². The summed E-state index contributed by atoms with van der Waals surface area (Å²) in [6.07, 6.45) is 2.83. The van der Waals surface area contributed by atoms with Crippen molar-refractivity contribution in [2.45, 2.75) is 44.6 Å². The maximum atomic E-state index is 13.0. The van der Waals surface area contributed by atoms with Crippen LogP contribution in [0.25, 0.3) is 0 Å². The summed E-state index contributed by atoms with van der Waals surface area (Å²) in [5, 5.41) is 15.1. The second-order valence-electron chi connectivity index (χ2n) is 6.79. The molecule has 0 atom stereocenters. The molecule has 1 aliphatic heterocycles. The van der Waals surface area contributed by atoms with Crippen LogP contribution < -0.4 is 4.74 Å². The first-order valence-corrected chi connectivity index (χ1v) is 10.7. The van der Waals surface area contributed by atoms with Crippen molar-refractivity contribution < 1.29 is 18.1 Å². The number of benzene rings is 1. The number of non-ortho nitro benzene ring substituents is 1. The second-order valence-corrected chi connectivity index (χ2v) is 8.66. The molecule has 0 bridgehead atoms. The third-order valence-electron chi connectivity index (χ3n) is 4.85. The zero-order valence-corrected chi connectivity index (χ0v) is 16.8. The Labute approximate surface area is 164 Å². The van der Waals surface area contributed by atoms with E-state index in [1.807, 2.05) is 0 Å². The van der Waals surface area contributed by atoms with E-state index in [9.17, 15) is 18.5 Å². The van der Waals surface area contributed by atoms with E-state index in [0.717, 1.165) is 19.3 Å². The molecule has 1 aromatic heterocycles. The highest BCUT2D eigenvalue weighted by molar-refractivity contribution is 7.89. The monoisotopic (exact) mass is 408 g/mol. The molecule has 152 valence electrons. The molecule has 28 heavy (non-hydrogen) atoms. The number of aromatic nitrogens is 2. The van der Waals surface area contributed by atoms with Crippen molar-refractivity contribution in [1.29, 1.82) is 0 Å². The van der Waals surface area contributed by atoms with Crippen LogP contribution in [-0.2, 0) is 16.6 Å². The number of nitro groups is 1. The third kappa shape index (κ3) is 4.17. The topological polar surface area (TPSA) is 108 Å². The minimum absolute atomic E-state index is 0.00143. The normalized spacial score (nSPS) is 15.5. The first-order valence-electron chi connectivity index (χ1n) is 9.22. The number of hydrogen-bond acceptors (Lipinski definition) is 6. The molecule has 1 saturated heterocycles. The summed E-state index contributed by atoms with van der Waals surface area (Å²) >= 11 is 0. The highest BCUT2D eigenvalue weighted by atomic mass is 32.2. The lowest BCUT2D eigenvalue weighted by molar-refractivity contribution is -0.384. The van der Waals surface area contributed by atoms with Crippen molar-refractivity contribution in [3.63, 3.8) is 0 Å². The fourth-order valence-corrected chi connectivity index (χ4v) is 5.31. The molecule has 3 rings (SSSR count). The summed E-state index contributed by atoms with van der Waals surface area (Å²) < 4.78 is 34.8. The zero-order chi connectivity index (χ0) is 20.3. The van der Waals surface area contributed by atoms with Gasteiger partial charge in [0.1, 0.15) is 17.3 Å². The first kappa shape index (κ1) is 20.3. The number of nitrogens with zero attached hydrogens (tertiary/aromatic N) is 4. The Kier molecular flexibility index (Phi) is 5.99. The van der Waals surface area contributed by atoms with Crippen molar-refractivity contribution in [2.24, 2.45) is 0 Å². The van der Waals surface area contributed by atoms with Gasteiger partial charge in [0.25, 0.3) is 5.69 Å². The van der Waals surface area contributed by atoms with Gasteiger partial charge in [-0.2, -0.15) is 9.40 Å². The van der Waals surface area contributed by atoms with E-state index in [1.165, 1.54) is 24.3 Å². The Morgan fingerprint density at radius 2 is 1.79 bits per heavy atom. The van der Waals surface area contributed by atoms with Gasteiger partial charge < -0.3 is 4.74 Å². The summed E-state index contributed by atoms with van der Waals surface area (Å²) in [7, 11) is -3.55. The molecule has 0 radical (unpaired) electrons. The molecule has 0 saturated carbocycles. The van der Waals surface area contributed by atoms with Crippen molar-refractivity contribution in [3.05, 3.63) is 45.8 Å². The molecule has 9 nitrogen and oxygen atoms in total. The van der Waals surface area contributed by atoms with E-state index in [4.69, 9.17) is 4.74 Å². The maximum Gasteiger partial charge on any atom is 0.269 e. The summed E-state index contributed by atoms with van der Waals surface area (Å²) in [6.45, 7) is 5.20. The predicted molar refractivity (Wildman–Crippen MR) is 103 cm³/mol. The minimum Gasteiger partial charge on any atom is -0.492 e. The molecule has 1 aromatic carbocycles. The smallest absolute Gasteiger partial charge is 0.269 e. The van der Waals surface area contributed by atoms with Gasteiger partial charge in [0.15, 0.2) is 0 Å². The van der Waals surface area contributed by atoms with Gasteiger partial charge in [-0.1, -0.05) is 6.42 Å². The number of rotatable bonds is 7. The van der Waals surface area contributed by atoms with Crippen LogP contribution in [0.15, 0.2) is 29.2 Å². The lowest BCUT2D eigenvalue weighted by atomic mass is 10.2. The molecule has 0 spiro atoms. The molecule has 0 N–H and O–H groups in total. The quantitative estimate of drug-likeness (QED) is 0.515. The fourth-order valence-electron chi connectivity index (χ4n) is 3.42. The molecular formula is C18H24N4O5S. The van der Waals surface area contributed by atoms with E-state index in [0.29, 0.717) is 36.8 Å².